The first-order valence-electron chi connectivity index (χ1n) is 19.7. The smallest absolute Gasteiger partial charge is 0.472 e. The lowest BCUT2D eigenvalue weighted by molar-refractivity contribution is -0.147. The Balaban J connectivity index is 3.95. The molecule has 0 radical (unpaired) electrons. The van der Waals surface area contributed by atoms with Crippen molar-refractivity contribution in [2.45, 2.75) is 193 Å². The van der Waals surface area contributed by atoms with Crippen LogP contribution < -0.4 is 5.32 Å². The van der Waals surface area contributed by atoms with Crippen molar-refractivity contribution in [2.75, 3.05) is 19.8 Å². The van der Waals surface area contributed by atoms with Gasteiger partial charge in [0.15, 0.2) is 6.04 Å². The summed E-state index contributed by atoms with van der Waals surface area (Å²) >= 11 is 0. The number of carboxylic acids is 1. The van der Waals surface area contributed by atoms with Crippen LogP contribution in [-0.2, 0) is 32.7 Å². The van der Waals surface area contributed by atoms with Crippen LogP contribution in [0.5, 0.6) is 0 Å². The topological polar surface area (TPSA) is 169 Å². The largest absolute Gasteiger partial charge is 0.480 e. The van der Waals surface area contributed by atoms with Crippen LogP contribution in [0.25, 0.3) is 0 Å². The fraction of sp³-hybridized carbons (Fsp3) is 0.868. The van der Waals surface area contributed by atoms with Gasteiger partial charge in [0.25, 0.3) is 0 Å². The standard InChI is InChI=1S/C38H72NO10P/c1-3-5-7-9-11-13-15-16-17-18-20-21-23-25-27-29-36(41)39-35(38(43)44)33-49-50(45,46)48-32-34(40)31-47-37(42)30-28-26-24-22-19-14-12-10-8-6-4-2/h10,12,34-35,40H,3-9,11,13-33H2,1-2H3,(H,39,41)(H,43,44)(H,45,46)/b12-10-. The van der Waals surface area contributed by atoms with E-state index in [1.807, 2.05) is 0 Å². The van der Waals surface area contributed by atoms with Gasteiger partial charge in [-0.25, -0.2) is 9.36 Å². The number of aliphatic hydroxyl groups excluding tert-OH is 1. The Labute approximate surface area is 303 Å². The number of esters is 1. The molecule has 0 bridgehead atoms. The van der Waals surface area contributed by atoms with E-state index in [0.29, 0.717) is 12.8 Å². The molecular formula is C38H72NO10P. The number of amides is 1. The molecule has 50 heavy (non-hydrogen) atoms. The monoisotopic (exact) mass is 733 g/mol. The molecule has 0 heterocycles. The zero-order chi connectivity index (χ0) is 37.1. The molecule has 0 aliphatic carbocycles. The number of allylic oxidation sites excluding steroid dienone is 2. The third kappa shape index (κ3) is 33.4. The summed E-state index contributed by atoms with van der Waals surface area (Å²) in [6.45, 7) is 2.53. The van der Waals surface area contributed by atoms with Gasteiger partial charge < -0.3 is 25.2 Å². The van der Waals surface area contributed by atoms with Crippen LogP contribution in [0.2, 0.25) is 0 Å². The average Bonchev–Trinajstić information content (AvgIpc) is 3.08. The van der Waals surface area contributed by atoms with Gasteiger partial charge in [-0.05, 0) is 32.1 Å². The second-order valence-corrected chi connectivity index (χ2v) is 14.9. The third-order valence-electron chi connectivity index (χ3n) is 8.55. The van der Waals surface area contributed by atoms with E-state index in [4.69, 9.17) is 13.8 Å². The minimum Gasteiger partial charge on any atom is -0.480 e. The van der Waals surface area contributed by atoms with Gasteiger partial charge in [0.2, 0.25) is 5.91 Å². The number of carboxylic acid groups (broad SMARTS) is 1. The maximum Gasteiger partial charge on any atom is 0.472 e. The van der Waals surface area contributed by atoms with E-state index >= 15 is 0 Å². The average molecular weight is 734 g/mol. The molecule has 11 nitrogen and oxygen atoms in total. The highest BCUT2D eigenvalue weighted by molar-refractivity contribution is 7.47. The molecule has 1 amide bonds. The first-order valence-corrected chi connectivity index (χ1v) is 21.2. The lowest BCUT2D eigenvalue weighted by Gasteiger charge is -2.18. The van der Waals surface area contributed by atoms with Crippen molar-refractivity contribution in [2.24, 2.45) is 0 Å². The Morgan fingerprint density at radius 2 is 1.06 bits per heavy atom. The van der Waals surface area contributed by atoms with Gasteiger partial charge in [0.05, 0.1) is 13.2 Å². The SMILES string of the molecule is CCCC/C=C\CCCCCCCC(=O)OCC(O)COP(=O)(O)OCC(NC(=O)CCCCCCCCCCCCCCCCC)C(=O)O. The van der Waals surface area contributed by atoms with Gasteiger partial charge in [0.1, 0.15) is 12.7 Å². The zero-order valence-corrected chi connectivity index (χ0v) is 32.4. The quantitative estimate of drug-likeness (QED) is 0.0209. The molecule has 294 valence electrons. The van der Waals surface area contributed by atoms with Crippen molar-refractivity contribution in [1.29, 1.82) is 0 Å². The van der Waals surface area contributed by atoms with E-state index in [2.05, 4.69) is 31.3 Å². The summed E-state index contributed by atoms with van der Waals surface area (Å²) in [5.41, 5.74) is 0. The van der Waals surface area contributed by atoms with Crippen molar-refractivity contribution in [3.63, 3.8) is 0 Å². The van der Waals surface area contributed by atoms with Gasteiger partial charge in [-0.15, -0.1) is 0 Å². The summed E-state index contributed by atoms with van der Waals surface area (Å²) in [5.74, 6) is -2.38. The van der Waals surface area contributed by atoms with Crippen molar-refractivity contribution in [3.05, 3.63) is 12.2 Å². The number of nitrogens with one attached hydrogen (secondary N) is 1. The molecule has 0 rings (SSSR count). The van der Waals surface area contributed by atoms with E-state index in [-0.39, 0.29) is 12.8 Å². The van der Waals surface area contributed by atoms with Crippen LogP contribution in [0.1, 0.15) is 181 Å². The Morgan fingerprint density at radius 1 is 0.620 bits per heavy atom. The number of hydrogen-bond acceptors (Lipinski definition) is 8. The number of aliphatic carboxylic acids is 1. The molecule has 12 heteroatoms. The van der Waals surface area contributed by atoms with E-state index < -0.39 is 57.6 Å². The number of phosphoric ester groups is 1. The number of carbonyl (C=O) groups excluding carboxylic acids is 2. The minimum absolute atomic E-state index is 0.150. The van der Waals surface area contributed by atoms with Gasteiger partial charge in [-0.1, -0.05) is 148 Å². The number of unbranched alkanes of at least 4 members (excludes halogenated alkanes) is 21. The maximum atomic E-state index is 12.3. The highest BCUT2D eigenvalue weighted by Crippen LogP contribution is 2.43. The Bertz CT molecular complexity index is 916. The summed E-state index contributed by atoms with van der Waals surface area (Å²) < 4.78 is 26.7. The second-order valence-electron chi connectivity index (χ2n) is 13.5. The van der Waals surface area contributed by atoms with Crippen molar-refractivity contribution >= 4 is 25.7 Å². The summed E-state index contributed by atoms with van der Waals surface area (Å²) in [6.07, 6.45) is 31.0. The Hall–Kier alpha value is -1.78. The highest BCUT2D eigenvalue weighted by atomic mass is 31.2. The number of rotatable bonds is 37. The summed E-state index contributed by atoms with van der Waals surface area (Å²) in [5, 5.41) is 21.7. The van der Waals surface area contributed by atoms with Gasteiger partial charge in [-0.3, -0.25) is 18.6 Å². The highest BCUT2D eigenvalue weighted by Gasteiger charge is 2.28. The fourth-order valence-electron chi connectivity index (χ4n) is 5.41. The van der Waals surface area contributed by atoms with Gasteiger partial charge in [0, 0.05) is 12.8 Å². The van der Waals surface area contributed by atoms with Crippen LogP contribution in [0.4, 0.5) is 0 Å². The summed E-state index contributed by atoms with van der Waals surface area (Å²) in [7, 11) is -4.74. The molecule has 0 aromatic rings. The lowest BCUT2D eigenvalue weighted by Crippen LogP contribution is -2.43. The molecule has 0 saturated heterocycles. The maximum absolute atomic E-state index is 12.3. The number of phosphoric acid groups is 1. The first kappa shape index (κ1) is 48.2. The molecule has 0 aromatic carbocycles. The third-order valence-corrected chi connectivity index (χ3v) is 9.51. The molecule has 0 spiro atoms. The molecule has 3 atom stereocenters. The Kier molecular flexibility index (Phi) is 33.1. The van der Waals surface area contributed by atoms with Gasteiger partial charge >= 0.3 is 19.8 Å². The van der Waals surface area contributed by atoms with Crippen molar-refractivity contribution in [3.8, 4) is 0 Å². The molecule has 0 fully saturated rings. The number of aliphatic hydroxyl groups is 1. The summed E-state index contributed by atoms with van der Waals surface area (Å²) in [6, 6.07) is -1.54. The van der Waals surface area contributed by atoms with E-state index in [0.717, 1.165) is 57.8 Å². The molecule has 3 unspecified atom stereocenters. The molecular weight excluding hydrogens is 661 g/mol. The van der Waals surface area contributed by atoms with Crippen LogP contribution in [0.3, 0.4) is 0 Å². The van der Waals surface area contributed by atoms with Crippen LogP contribution in [0.15, 0.2) is 12.2 Å². The van der Waals surface area contributed by atoms with Gasteiger partial charge in [-0.2, -0.15) is 0 Å². The predicted octanol–water partition coefficient (Wildman–Crippen LogP) is 9.33. The van der Waals surface area contributed by atoms with E-state index in [1.165, 1.54) is 83.5 Å². The minimum atomic E-state index is -4.74. The zero-order valence-electron chi connectivity index (χ0n) is 31.5. The van der Waals surface area contributed by atoms with Crippen molar-refractivity contribution < 1.29 is 47.8 Å². The predicted molar refractivity (Wildman–Crippen MR) is 199 cm³/mol. The van der Waals surface area contributed by atoms with Crippen LogP contribution >= 0.6 is 7.82 Å². The van der Waals surface area contributed by atoms with E-state index in [1.54, 1.807) is 0 Å². The second kappa shape index (κ2) is 34.3. The normalized spacial score (nSPS) is 14.0. The molecule has 4 N–H and O–H groups in total. The fourth-order valence-corrected chi connectivity index (χ4v) is 6.19. The molecule has 0 aromatic heterocycles. The summed E-state index contributed by atoms with van der Waals surface area (Å²) in [4.78, 5) is 45.7. The molecule has 0 saturated carbocycles. The number of ether oxygens (including phenoxy) is 1. The Morgan fingerprint density at radius 3 is 1.58 bits per heavy atom. The first-order chi connectivity index (χ1) is 24.1. The van der Waals surface area contributed by atoms with Crippen LogP contribution in [0, 0.1) is 0 Å². The number of hydrogen-bond donors (Lipinski definition) is 4. The number of carbonyl (C=O) groups is 3. The molecule has 0 aliphatic heterocycles. The van der Waals surface area contributed by atoms with E-state index in [9.17, 15) is 34.1 Å². The van der Waals surface area contributed by atoms with Crippen molar-refractivity contribution in [1.82, 2.24) is 5.32 Å². The van der Waals surface area contributed by atoms with Crippen LogP contribution in [-0.4, -0.2) is 64.9 Å². The lowest BCUT2D eigenvalue weighted by atomic mass is 10.0. The molecule has 0 aliphatic rings.